The van der Waals surface area contributed by atoms with Gasteiger partial charge in [0.2, 0.25) is 0 Å². The van der Waals surface area contributed by atoms with Crippen molar-refractivity contribution in [2.24, 2.45) is 7.05 Å². The second-order valence-electron chi connectivity index (χ2n) is 3.55. The van der Waals surface area contributed by atoms with Crippen molar-refractivity contribution >= 4 is 16.7 Å². The minimum atomic E-state index is -4.95. The van der Waals surface area contributed by atoms with Crippen molar-refractivity contribution in [3.05, 3.63) is 34.4 Å². The van der Waals surface area contributed by atoms with Crippen LogP contribution in [0.1, 0.15) is 10.4 Å². The van der Waals surface area contributed by atoms with Crippen LogP contribution in [-0.2, 0) is 7.05 Å². The predicted octanol–water partition coefficient (Wildman–Crippen LogP) is 1.61. The lowest BCUT2D eigenvalue weighted by Gasteiger charge is -2.03. The molecule has 90 valence electrons. The number of hydrogen-bond donors (Lipinski definition) is 1. The van der Waals surface area contributed by atoms with Crippen LogP contribution >= 0.6 is 0 Å². The van der Waals surface area contributed by atoms with E-state index >= 15 is 0 Å². The molecular formula is C10H7F3N2O2. The molecule has 2 aromatic heterocycles. The largest absolute Gasteiger partial charge is 0.454 e. The van der Waals surface area contributed by atoms with Gasteiger partial charge in [-0.2, -0.15) is 13.2 Å². The maximum Gasteiger partial charge on any atom is 0.454 e. The summed E-state index contributed by atoms with van der Waals surface area (Å²) in [5.74, 6) is -1.96. The van der Waals surface area contributed by atoms with Crippen LogP contribution in [-0.4, -0.2) is 21.5 Å². The molecule has 0 saturated heterocycles. The molecular weight excluding hydrogens is 237 g/mol. The van der Waals surface area contributed by atoms with Crippen molar-refractivity contribution in [1.82, 2.24) is 9.55 Å². The topological polar surface area (TPSA) is 54.9 Å². The quantitative estimate of drug-likeness (QED) is 0.775. The number of aromatic nitrogens is 2. The summed E-state index contributed by atoms with van der Waals surface area (Å²) < 4.78 is 38.0. The van der Waals surface area contributed by atoms with Crippen molar-refractivity contribution < 1.29 is 18.0 Å². The number of carbonyl (C=O) groups is 1. The maximum absolute atomic E-state index is 12.3. The van der Waals surface area contributed by atoms with E-state index < -0.39 is 23.1 Å². The van der Waals surface area contributed by atoms with Crippen molar-refractivity contribution in [2.75, 3.05) is 0 Å². The fraction of sp³-hybridized carbons (Fsp3) is 0.200. The van der Waals surface area contributed by atoms with Crippen LogP contribution in [0.2, 0.25) is 0 Å². The number of rotatable bonds is 1. The standard InChI is InChI=1S/C10H7F3N2O2/c1-15-3-2-5-6(8(16)10(11,12)13)4-14-7(5)9(15)17/h2-4,14H,1H3. The zero-order valence-electron chi connectivity index (χ0n) is 8.63. The molecule has 0 spiro atoms. The van der Waals surface area contributed by atoms with Gasteiger partial charge in [0.15, 0.2) is 0 Å². The molecule has 4 nitrogen and oxygen atoms in total. The van der Waals surface area contributed by atoms with E-state index in [9.17, 15) is 22.8 Å². The number of hydrogen-bond acceptors (Lipinski definition) is 2. The molecule has 2 rings (SSSR count). The highest BCUT2D eigenvalue weighted by Gasteiger charge is 2.40. The summed E-state index contributed by atoms with van der Waals surface area (Å²) in [6.07, 6.45) is -2.73. The molecule has 0 amide bonds. The molecule has 0 aliphatic heterocycles. The second kappa shape index (κ2) is 3.47. The number of halogens is 3. The highest BCUT2D eigenvalue weighted by atomic mass is 19.4. The summed E-state index contributed by atoms with van der Waals surface area (Å²) in [6, 6.07) is 1.30. The van der Waals surface area contributed by atoms with Crippen LogP contribution in [0, 0.1) is 0 Å². The van der Waals surface area contributed by atoms with E-state index in [1.807, 2.05) is 0 Å². The van der Waals surface area contributed by atoms with Gasteiger partial charge < -0.3 is 9.55 Å². The third-order valence-corrected chi connectivity index (χ3v) is 2.42. The normalized spacial score (nSPS) is 12.0. The number of ketones is 1. The van der Waals surface area contributed by atoms with Crippen molar-refractivity contribution in [2.45, 2.75) is 6.18 Å². The SMILES string of the molecule is Cn1ccc2c(C(=O)C(F)(F)F)c[nH]c2c1=O. The third kappa shape index (κ3) is 1.73. The zero-order chi connectivity index (χ0) is 12.8. The van der Waals surface area contributed by atoms with Crippen LogP contribution in [0.5, 0.6) is 0 Å². The smallest absolute Gasteiger partial charge is 0.356 e. The van der Waals surface area contributed by atoms with E-state index in [-0.39, 0.29) is 10.9 Å². The zero-order valence-corrected chi connectivity index (χ0v) is 8.63. The van der Waals surface area contributed by atoms with E-state index in [0.29, 0.717) is 0 Å². The first-order chi connectivity index (χ1) is 7.82. The van der Waals surface area contributed by atoms with Gasteiger partial charge in [0, 0.05) is 24.8 Å². The fourth-order valence-electron chi connectivity index (χ4n) is 1.56. The molecule has 0 radical (unpaired) electrons. The summed E-state index contributed by atoms with van der Waals surface area (Å²) in [5, 5.41) is -0.0181. The number of aryl methyl sites for hydroxylation is 1. The Hall–Kier alpha value is -2.05. The Labute approximate surface area is 92.7 Å². The third-order valence-electron chi connectivity index (χ3n) is 2.42. The molecule has 17 heavy (non-hydrogen) atoms. The molecule has 0 aliphatic rings. The Morgan fingerprint density at radius 2 is 2.06 bits per heavy atom. The van der Waals surface area contributed by atoms with Crippen LogP contribution in [0.3, 0.4) is 0 Å². The minimum Gasteiger partial charge on any atom is -0.356 e. The number of H-pyrrole nitrogens is 1. The number of nitrogens with one attached hydrogen (secondary N) is 1. The van der Waals surface area contributed by atoms with Gasteiger partial charge in [0.25, 0.3) is 11.3 Å². The van der Waals surface area contributed by atoms with E-state index in [1.165, 1.54) is 23.9 Å². The van der Waals surface area contributed by atoms with Gasteiger partial charge in [0.05, 0.1) is 5.56 Å². The van der Waals surface area contributed by atoms with E-state index in [2.05, 4.69) is 4.98 Å². The number of pyridine rings is 1. The summed E-state index contributed by atoms with van der Waals surface area (Å²) in [4.78, 5) is 25.0. The number of nitrogens with zero attached hydrogens (tertiary/aromatic N) is 1. The lowest BCUT2D eigenvalue weighted by molar-refractivity contribution is -0.0884. The molecule has 1 N–H and O–H groups in total. The summed E-state index contributed by atoms with van der Waals surface area (Å²) >= 11 is 0. The number of alkyl halides is 3. The fourth-order valence-corrected chi connectivity index (χ4v) is 1.56. The first kappa shape index (κ1) is 11.4. The lowest BCUT2D eigenvalue weighted by atomic mass is 10.1. The molecule has 0 aromatic carbocycles. The van der Waals surface area contributed by atoms with Gasteiger partial charge in [-0.1, -0.05) is 0 Å². The van der Waals surface area contributed by atoms with E-state index in [4.69, 9.17) is 0 Å². The van der Waals surface area contributed by atoms with Gasteiger partial charge in [-0.15, -0.1) is 0 Å². The molecule has 2 heterocycles. The van der Waals surface area contributed by atoms with E-state index in [0.717, 1.165) is 6.20 Å². The molecule has 0 saturated carbocycles. The molecule has 0 fully saturated rings. The Morgan fingerprint density at radius 1 is 1.41 bits per heavy atom. The second-order valence-corrected chi connectivity index (χ2v) is 3.55. The van der Waals surface area contributed by atoms with Crippen molar-refractivity contribution in [1.29, 1.82) is 0 Å². The van der Waals surface area contributed by atoms with Crippen LogP contribution in [0.4, 0.5) is 13.2 Å². The predicted molar refractivity (Wildman–Crippen MR) is 53.9 cm³/mol. The molecule has 7 heteroatoms. The average Bonchev–Trinajstić information content (AvgIpc) is 2.65. The van der Waals surface area contributed by atoms with Gasteiger partial charge in [0.1, 0.15) is 5.52 Å². The van der Waals surface area contributed by atoms with Gasteiger partial charge >= 0.3 is 6.18 Å². The Morgan fingerprint density at radius 3 is 2.65 bits per heavy atom. The summed E-state index contributed by atoms with van der Waals surface area (Å²) in [5.41, 5.74) is -1.03. The van der Waals surface area contributed by atoms with Crippen LogP contribution < -0.4 is 5.56 Å². The monoisotopic (exact) mass is 244 g/mol. The molecule has 0 unspecified atom stereocenters. The van der Waals surface area contributed by atoms with Crippen LogP contribution in [0.25, 0.3) is 10.9 Å². The van der Waals surface area contributed by atoms with Gasteiger partial charge in [-0.25, -0.2) is 0 Å². The maximum atomic E-state index is 12.3. The number of aromatic amines is 1. The Balaban J connectivity index is 2.71. The number of Topliss-reactive ketones (excluding diaryl/α,β-unsaturated/α-hetero) is 1. The summed E-state index contributed by atoms with van der Waals surface area (Å²) in [7, 11) is 1.47. The Bertz CT molecular complexity index is 652. The van der Waals surface area contributed by atoms with E-state index in [1.54, 1.807) is 0 Å². The number of fused-ring (bicyclic) bond motifs is 1. The van der Waals surface area contributed by atoms with Crippen molar-refractivity contribution in [3.8, 4) is 0 Å². The Kier molecular flexibility index (Phi) is 2.34. The lowest BCUT2D eigenvalue weighted by Crippen LogP contribution is -2.22. The van der Waals surface area contributed by atoms with Gasteiger partial charge in [-0.3, -0.25) is 9.59 Å². The average molecular weight is 244 g/mol. The molecule has 0 bridgehead atoms. The first-order valence-corrected chi connectivity index (χ1v) is 4.60. The first-order valence-electron chi connectivity index (χ1n) is 4.60. The number of carbonyl (C=O) groups excluding carboxylic acids is 1. The summed E-state index contributed by atoms with van der Waals surface area (Å²) in [6.45, 7) is 0. The molecule has 2 aromatic rings. The highest BCUT2D eigenvalue weighted by molar-refractivity contribution is 6.10. The van der Waals surface area contributed by atoms with Gasteiger partial charge in [-0.05, 0) is 6.07 Å². The molecule has 0 atom stereocenters. The van der Waals surface area contributed by atoms with Crippen LogP contribution in [0.15, 0.2) is 23.3 Å². The molecule has 0 aliphatic carbocycles. The van der Waals surface area contributed by atoms with Crippen molar-refractivity contribution in [3.63, 3.8) is 0 Å². The minimum absolute atomic E-state index is 0.0115. The highest BCUT2D eigenvalue weighted by Crippen LogP contribution is 2.25.